The number of amides is 1. The van der Waals surface area contributed by atoms with E-state index in [0.717, 1.165) is 5.75 Å². The minimum absolute atomic E-state index is 0.0644. The molecule has 1 N–H and O–H groups in total. The lowest BCUT2D eigenvalue weighted by atomic mass is 10.2. The summed E-state index contributed by atoms with van der Waals surface area (Å²) in [4.78, 5) is 11.7. The van der Waals surface area contributed by atoms with E-state index in [2.05, 4.69) is 41.7 Å². The lowest BCUT2D eigenvalue weighted by Crippen LogP contribution is -2.14. The van der Waals surface area contributed by atoms with Gasteiger partial charge in [-0.2, -0.15) is 0 Å². The van der Waals surface area contributed by atoms with E-state index in [4.69, 9.17) is 4.52 Å². The highest BCUT2D eigenvalue weighted by molar-refractivity contribution is 7.99. The van der Waals surface area contributed by atoms with Crippen LogP contribution in [0.15, 0.2) is 34.9 Å². The van der Waals surface area contributed by atoms with Crippen LogP contribution in [0.2, 0.25) is 0 Å². The van der Waals surface area contributed by atoms with Crippen molar-refractivity contribution >= 4 is 23.5 Å². The number of anilines is 1. The molecule has 0 radical (unpaired) electrons. The van der Waals surface area contributed by atoms with Gasteiger partial charge >= 0.3 is 0 Å². The molecule has 0 saturated heterocycles. The molecule has 1 aromatic heterocycles. The second-order valence-corrected chi connectivity index (χ2v) is 5.33. The first-order valence-corrected chi connectivity index (χ1v) is 7.15. The highest BCUT2D eigenvalue weighted by Gasteiger charge is 2.06. The highest BCUT2D eigenvalue weighted by atomic mass is 32.2. The van der Waals surface area contributed by atoms with Gasteiger partial charge in [0.25, 0.3) is 0 Å². The molecule has 19 heavy (non-hydrogen) atoms. The molecular formula is C14H16N2O2S. The van der Waals surface area contributed by atoms with Crippen molar-refractivity contribution in [1.82, 2.24) is 5.16 Å². The van der Waals surface area contributed by atoms with Crippen molar-refractivity contribution in [3.05, 3.63) is 47.2 Å². The minimum Gasteiger partial charge on any atom is -0.360 e. The summed E-state index contributed by atoms with van der Waals surface area (Å²) in [6.07, 6.45) is 0. The molecule has 5 heteroatoms. The Labute approximate surface area is 116 Å². The van der Waals surface area contributed by atoms with Crippen LogP contribution in [-0.4, -0.2) is 16.8 Å². The van der Waals surface area contributed by atoms with Crippen molar-refractivity contribution in [3.63, 3.8) is 0 Å². The van der Waals surface area contributed by atoms with Crippen molar-refractivity contribution in [2.45, 2.75) is 19.6 Å². The Balaban J connectivity index is 1.73. The topological polar surface area (TPSA) is 55.1 Å². The molecule has 4 nitrogen and oxygen atoms in total. The van der Waals surface area contributed by atoms with Crippen LogP contribution >= 0.6 is 11.8 Å². The lowest BCUT2D eigenvalue weighted by Gasteiger charge is -2.02. The van der Waals surface area contributed by atoms with Gasteiger partial charge in [-0.1, -0.05) is 35.0 Å². The maximum Gasteiger partial charge on any atom is 0.235 e. The van der Waals surface area contributed by atoms with Crippen LogP contribution < -0.4 is 5.32 Å². The molecule has 2 rings (SSSR count). The number of carbonyl (C=O) groups is 1. The number of nitrogens with zero attached hydrogens (tertiary/aromatic N) is 1. The van der Waals surface area contributed by atoms with Crippen molar-refractivity contribution in [2.24, 2.45) is 0 Å². The number of aromatic nitrogens is 1. The van der Waals surface area contributed by atoms with E-state index >= 15 is 0 Å². The molecule has 1 heterocycles. The maximum atomic E-state index is 11.7. The van der Waals surface area contributed by atoms with E-state index in [9.17, 15) is 4.79 Å². The van der Waals surface area contributed by atoms with Crippen LogP contribution in [0.5, 0.6) is 0 Å². The smallest absolute Gasteiger partial charge is 0.235 e. The zero-order chi connectivity index (χ0) is 13.7. The number of benzene rings is 1. The second-order valence-electron chi connectivity index (χ2n) is 4.35. The molecule has 1 aromatic carbocycles. The minimum atomic E-state index is -0.0644. The average molecular weight is 276 g/mol. The fourth-order valence-corrected chi connectivity index (χ4v) is 2.34. The Morgan fingerprint density at radius 1 is 1.32 bits per heavy atom. The zero-order valence-electron chi connectivity index (χ0n) is 11.0. The standard InChI is InChI=1S/C14H16N2O2S/c1-10-3-5-12(6-4-10)8-19-9-14(17)15-13-7-11(2)18-16-13/h3-7H,8-9H2,1-2H3,(H,15,16,17). The number of hydrogen-bond acceptors (Lipinski definition) is 4. The predicted molar refractivity (Wildman–Crippen MR) is 77.2 cm³/mol. The molecule has 0 aliphatic rings. The van der Waals surface area contributed by atoms with Gasteiger partial charge < -0.3 is 9.84 Å². The summed E-state index contributed by atoms with van der Waals surface area (Å²) < 4.78 is 4.88. The highest BCUT2D eigenvalue weighted by Crippen LogP contribution is 2.14. The summed E-state index contributed by atoms with van der Waals surface area (Å²) in [6, 6.07) is 10.0. The van der Waals surface area contributed by atoms with Crippen molar-refractivity contribution in [2.75, 3.05) is 11.1 Å². The molecule has 0 bridgehead atoms. The molecule has 0 saturated carbocycles. The maximum absolute atomic E-state index is 11.7. The van der Waals surface area contributed by atoms with E-state index in [0.29, 0.717) is 17.3 Å². The first-order chi connectivity index (χ1) is 9.13. The van der Waals surface area contributed by atoms with Gasteiger partial charge in [0.05, 0.1) is 5.75 Å². The number of carbonyl (C=O) groups excluding carboxylic acids is 1. The summed E-state index contributed by atoms with van der Waals surface area (Å²) in [5.41, 5.74) is 2.47. The monoisotopic (exact) mass is 276 g/mol. The molecule has 1 amide bonds. The molecule has 0 fully saturated rings. The third-order valence-electron chi connectivity index (χ3n) is 2.52. The number of rotatable bonds is 5. The Hall–Kier alpha value is -1.75. The molecular weight excluding hydrogens is 260 g/mol. The van der Waals surface area contributed by atoms with E-state index in [1.807, 2.05) is 0 Å². The Bertz CT molecular complexity index is 549. The summed E-state index contributed by atoms with van der Waals surface area (Å²) in [5, 5.41) is 6.41. The molecule has 0 aliphatic carbocycles. The number of thioether (sulfide) groups is 1. The zero-order valence-corrected chi connectivity index (χ0v) is 11.8. The summed E-state index contributed by atoms with van der Waals surface area (Å²) in [7, 11) is 0. The fraction of sp³-hybridized carbons (Fsp3) is 0.286. The van der Waals surface area contributed by atoms with Gasteiger partial charge in [0.15, 0.2) is 5.82 Å². The van der Waals surface area contributed by atoms with Gasteiger partial charge in [-0.15, -0.1) is 11.8 Å². The van der Waals surface area contributed by atoms with Crippen molar-refractivity contribution in [3.8, 4) is 0 Å². The molecule has 2 aromatic rings. The van der Waals surface area contributed by atoms with Crippen LogP contribution in [-0.2, 0) is 10.5 Å². The Morgan fingerprint density at radius 2 is 2.05 bits per heavy atom. The molecule has 0 atom stereocenters. The molecule has 100 valence electrons. The number of nitrogens with one attached hydrogen (secondary N) is 1. The molecule has 0 spiro atoms. The SMILES string of the molecule is Cc1ccc(CSCC(=O)Nc2cc(C)on2)cc1. The molecule has 0 unspecified atom stereocenters. The summed E-state index contributed by atoms with van der Waals surface area (Å²) in [6.45, 7) is 3.85. The average Bonchev–Trinajstić information content (AvgIpc) is 2.77. The van der Waals surface area contributed by atoms with Crippen LogP contribution in [0.4, 0.5) is 5.82 Å². The van der Waals surface area contributed by atoms with Gasteiger partial charge in [0.2, 0.25) is 5.91 Å². The van der Waals surface area contributed by atoms with Gasteiger partial charge in [-0.05, 0) is 19.4 Å². The summed E-state index contributed by atoms with van der Waals surface area (Å²) >= 11 is 1.58. The van der Waals surface area contributed by atoms with Crippen LogP contribution in [0, 0.1) is 13.8 Å². The predicted octanol–water partition coefficient (Wildman–Crippen LogP) is 3.16. The van der Waals surface area contributed by atoms with E-state index in [-0.39, 0.29) is 5.91 Å². The third kappa shape index (κ3) is 4.44. The number of aryl methyl sites for hydroxylation is 2. The van der Waals surface area contributed by atoms with Crippen molar-refractivity contribution < 1.29 is 9.32 Å². The number of hydrogen-bond donors (Lipinski definition) is 1. The fourth-order valence-electron chi connectivity index (χ4n) is 1.55. The first kappa shape index (κ1) is 13.7. The van der Waals surface area contributed by atoms with Gasteiger partial charge in [-0.25, -0.2) is 0 Å². The first-order valence-electron chi connectivity index (χ1n) is 6.00. The van der Waals surface area contributed by atoms with Gasteiger partial charge in [-0.3, -0.25) is 4.79 Å². The van der Waals surface area contributed by atoms with E-state index in [1.54, 1.807) is 24.8 Å². The quantitative estimate of drug-likeness (QED) is 0.911. The van der Waals surface area contributed by atoms with E-state index in [1.165, 1.54) is 11.1 Å². The van der Waals surface area contributed by atoms with Crippen LogP contribution in [0.3, 0.4) is 0 Å². The summed E-state index contributed by atoms with van der Waals surface area (Å²) in [5.74, 6) is 2.32. The van der Waals surface area contributed by atoms with E-state index < -0.39 is 0 Å². The van der Waals surface area contributed by atoms with Crippen LogP contribution in [0.1, 0.15) is 16.9 Å². The third-order valence-corrected chi connectivity index (χ3v) is 3.52. The lowest BCUT2D eigenvalue weighted by molar-refractivity contribution is -0.113. The van der Waals surface area contributed by atoms with Crippen molar-refractivity contribution in [1.29, 1.82) is 0 Å². The van der Waals surface area contributed by atoms with Gasteiger partial charge in [0.1, 0.15) is 5.76 Å². The normalized spacial score (nSPS) is 10.4. The Morgan fingerprint density at radius 3 is 2.68 bits per heavy atom. The largest absolute Gasteiger partial charge is 0.360 e. The molecule has 0 aliphatic heterocycles. The Kier molecular flexibility index (Phi) is 4.63. The van der Waals surface area contributed by atoms with Gasteiger partial charge in [0, 0.05) is 11.8 Å². The van der Waals surface area contributed by atoms with Crippen LogP contribution in [0.25, 0.3) is 0 Å². The second kappa shape index (κ2) is 6.43.